The van der Waals surface area contributed by atoms with Gasteiger partial charge in [0.1, 0.15) is 10.8 Å². The van der Waals surface area contributed by atoms with Gasteiger partial charge in [0.15, 0.2) is 0 Å². The fraction of sp³-hybridized carbons (Fsp3) is 0.400. The highest BCUT2D eigenvalue weighted by molar-refractivity contribution is 7.11. The number of nitrogens with two attached hydrogens (primary N) is 1. The number of aromatic nitrogens is 1. The second-order valence-electron chi connectivity index (χ2n) is 5.23. The molecule has 3 rings (SSSR count). The standard InChI is InChI=1S/C15H19FN4S/c1-9-13(6-7-17)21-15(19-9)14-11(8-18-20-14)10-4-2-3-5-12(10)16/h2-5,11,14,18,20H,6-8,17H2,1H3. The lowest BCUT2D eigenvalue weighted by atomic mass is 9.93. The fourth-order valence-corrected chi connectivity index (χ4v) is 3.94. The zero-order valence-corrected chi connectivity index (χ0v) is 12.7. The highest BCUT2D eigenvalue weighted by atomic mass is 32.1. The molecule has 21 heavy (non-hydrogen) atoms. The lowest BCUT2D eigenvalue weighted by Gasteiger charge is -2.17. The molecule has 4 nitrogen and oxygen atoms in total. The smallest absolute Gasteiger partial charge is 0.126 e. The summed E-state index contributed by atoms with van der Waals surface area (Å²) in [6.45, 7) is 3.32. The summed E-state index contributed by atoms with van der Waals surface area (Å²) in [5, 5.41) is 0.995. The molecule has 2 unspecified atom stereocenters. The Hall–Kier alpha value is -1.34. The molecule has 0 amide bonds. The van der Waals surface area contributed by atoms with Crippen molar-refractivity contribution in [2.24, 2.45) is 5.73 Å². The zero-order chi connectivity index (χ0) is 14.8. The van der Waals surface area contributed by atoms with Crippen LogP contribution in [0.4, 0.5) is 4.39 Å². The predicted octanol–water partition coefficient (Wildman–Crippen LogP) is 2.02. The van der Waals surface area contributed by atoms with Crippen molar-refractivity contribution in [2.75, 3.05) is 13.1 Å². The van der Waals surface area contributed by atoms with Crippen LogP contribution in [-0.4, -0.2) is 18.1 Å². The first-order valence-corrected chi connectivity index (χ1v) is 7.91. The summed E-state index contributed by atoms with van der Waals surface area (Å²) in [6.07, 6.45) is 0.841. The number of aryl methyl sites for hydroxylation is 1. The largest absolute Gasteiger partial charge is 0.330 e. The summed E-state index contributed by atoms with van der Waals surface area (Å²) < 4.78 is 14.0. The molecule has 0 saturated carbocycles. The van der Waals surface area contributed by atoms with E-state index in [1.54, 1.807) is 17.4 Å². The molecule has 6 heteroatoms. The molecule has 0 spiro atoms. The third kappa shape index (κ3) is 2.85. The number of rotatable bonds is 4. The average Bonchev–Trinajstić information content (AvgIpc) is 3.07. The number of thiazole rings is 1. The molecule has 2 aromatic rings. The molecular weight excluding hydrogens is 287 g/mol. The zero-order valence-electron chi connectivity index (χ0n) is 11.9. The summed E-state index contributed by atoms with van der Waals surface area (Å²) >= 11 is 1.67. The normalized spacial score (nSPS) is 21.9. The summed E-state index contributed by atoms with van der Waals surface area (Å²) in [7, 11) is 0. The fourth-order valence-electron chi connectivity index (χ4n) is 2.74. The number of halogens is 1. The Balaban J connectivity index is 1.91. The average molecular weight is 306 g/mol. The highest BCUT2D eigenvalue weighted by Crippen LogP contribution is 2.37. The molecule has 2 heterocycles. The first-order valence-electron chi connectivity index (χ1n) is 7.09. The lowest BCUT2D eigenvalue weighted by Crippen LogP contribution is -2.24. The van der Waals surface area contributed by atoms with Crippen molar-refractivity contribution < 1.29 is 4.39 Å². The molecular formula is C15H19FN4S. The number of nitrogens with one attached hydrogen (secondary N) is 2. The van der Waals surface area contributed by atoms with Gasteiger partial charge in [0.25, 0.3) is 0 Å². The molecule has 1 aliphatic heterocycles. The van der Waals surface area contributed by atoms with E-state index in [0.29, 0.717) is 13.1 Å². The molecule has 1 saturated heterocycles. The molecule has 2 atom stereocenters. The Morgan fingerprint density at radius 3 is 3.00 bits per heavy atom. The third-order valence-electron chi connectivity index (χ3n) is 3.83. The lowest BCUT2D eigenvalue weighted by molar-refractivity contribution is 0.528. The van der Waals surface area contributed by atoms with Crippen LogP contribution in [0.1, 0.15) is 33.1 Å². The molecule has 0 bridgehead atoms. The maximum atomic E-state index is 14.0. The molecule has 4 N–H and O–H groups in total. The topological polar surface area (TPSA) is 63.0 Å². The van der Waals surface area contributed by atoms with Gasteiger partial charge in [0.05, 0.1) is 11.7 Å². The van der Waals surface area contributed by atoms with Crippen molar-refractivity contribution in [3.05, 3.63) is 51.2 Å². The van der Waals surface area contributed by atoms with E-state index in [4.69, 9.17) is 5.73 Å². The second kappa shape index (κ2) is 6.19. The van der Waals surface area contributed by atoms with Crippen LogP contribution >= 0.6 is 11.3 Å². The van der Waals surface area contributed by atoms with Crippen LogP contribution in [0.5, 0.6) is 0 Å². The van der Waals surface area contributed by atoms with E-state index >= 15 is 0 Å². The van der Waals surface area contributed by atoms with Crippen LogP contribution in [0.3, 0.4) is 0 Å². The van der Waals surface area contributed by atoms with E-state index in [0.717, 1.165) is 22.7 Å². The van der Waals surface area contributed by atoms with Crippen molar-refractivity contribution in [3.63, 3.8) is 0 Å². The van der Waals surface area contributed by atoms with E-state index in [1.807, 2.05) is 19.1 Å². The van der Waals surface area contributed by atoms with Crippen molar-refractivity contribution in [2.45, 2.75) is 25.3 Å². The monoisotopic (exact) mass is 306 g/mol. The molecule has 1 aromatic heterocycles. The van der Waals surface area contributed by atoms with Gasteiger partial charge in [0, 0.05) is 17.3 Å². The maximum Gasteiger partial charge on any atom is 0.126 e. The number of hydrogen-bond acceptors (Lipinski definition) is 5. The molecule has 1 fully saturated rings. The summed E-state index contributed by atoms with van der Waals surface area (Å²) in [6, 6.07) is 6.95. The van der Waals surface area contributed by atoms with Crippen LogP contribution in [0, 0.1) is 12.7 Å². The molecule has 112 valence electrons. The Kier molecular flexibility index (Phi) is 4.30. The molecule has 0 radical (unpaired) electrons. The van der Waals surface area contributed by atoms with Gasteiger partial charge in [-0.2, -0.15) is 0 Å². The van der Waals surface area contributed by atoms with Gasteiger partial charge < -0.3 is 5.73 Å². The van der Waals surface area contributed by atoms with Crippen LogP contribution in [0.15, 0.2) is 24.3 Å². The van der Waals surface area contributed by atoms with E-state index in [-0.39, 0.29) is 17.8 Å². The quantitative estimate of drug-likeness (QED) is 0.809. The highest BCUT2D eigenvalue weighted by Gasteiger charge is 2.33. The maximum absolute atomic E-state index is 14.0. The number of hydrogen-bond donors (Lipinski definition) is 3. The number of hydrazine groups is 1. The predicted molar refractivity (Wildman–Crippen MR) is 82.6 cm³/mol. The van der Waals surface area contributed by atoms with E-state index in [9.17, 15) is 4.39 Å². The minimum atomic E-state index is -0.159. The van der Waals surface area contributed by atoms with E-state index in [2.05, 4.69) is 15.8 Å². The third-order valence-corrected chi connectivity index (χ3v) is 5.13. The minimum Gasteiger partial charge on any atom is -0.330 e. The molecule has 1 aromatic carbocycles. The summed E-state index contributed by atoms with van der Waals surface area (Å²) in [5.41, 5.74) is 13.8. The van der Waals surface area contributed by atoms with Crippen LogP contribution in [-0.2, 0) is 6.42 Å². The van der Waals surface area contributed by atoms with Gasteiger partial charge in [-0.05, 0) is 31.5 Å². The first kappa shape index (κ1) is 14.6. The second-order valence-corrected chi connectivity index (χ2v) is 6.35. The van der Waals surface area contributed by atoms with E-state index < -0.39 is 0 Å². The Bertz CT molecular complexity index is 628. The van der Waals surface area contributed by atoms with Crippen molar-refractivity contribution >= 4 is 11.3 Å². The van der Waals surface area contributed by atoms with Gasteiger partial charge in [-0.1, -0.05) is 18.2 Å². The van der Waals surface area contributed by atoms with Gasteiger partial charge in [-0.15, -0.1) is 11.3 Å². The number of nitrogens with zero attached hydrogens (tertiary/aromatic N) is 1. The minimum absolute atomic E-state index is 0.00266. The van der Waals surface area contributed by atoms with Crippen LogP contribution < -0.4 is 16.6 Å². The SMILES string of the molecule is Cc1nc(C2NNCC2c2ccccc2F)sc1CCN. The van der Waals surface area contributed by atoms with Gasteiger partial charge in [-0.25, -0.2) is 14.8 Å². The van der Waals surface area contributed by atoms with Gasteiger partial charge in [-0.3, -0.25) is 5.43 Å². The summed E-state index contributed by atoms with van der Waals surface area (Å²) in [4.78, 5) is 5.87. The summed E-state index contributed by atoms with van der Waals surface area (Å²) in [5.74, 6) is -0.115. The Labute approximate surface area is 127 Å². The Morgan fingerprint density at radius 2 is 2.24 bits per heavy atom. The Morgan fingerprint density at radius 1 is 1.43 bits per heavy atom. The van der Waals surface area contributed by atoms with Gasteiger partial charge in [0.2, 0.25) is 0 Å². The van der Waals surface area contributed by atoms with Gasteiger partial charge >= 0.3 is 0 Å². The first-order chi connectivity index (χ1) is 10.2. The van der Waals surface area contributed by atoms with Crippen LogP contribution in [0.25, 0.3) is 0 Å². The molecule has 1 aliphatic rings. The van der Waals surface area contributed by atoms with Crippen molar-refractivity contribution in [1.29, 1.82) is 0 Å². The molecule has 0 aliphatic carbocycles. The number of benzene rings is 1. The van der Waals surface area contributed by atoms with E-state index in [1.165, 1.54) is 10.9 Å². The van der Waals surface area contributed by atoms with Crippen molar-refractivity contribution in [1.82, 2.24) is 15.8 Å². The van der Waals surface area contributed by atoms with Crippen LogP contribution in [0.2, 0.25) is 0 Å². The van der Waals surface area contributed by atoms with Crippen molar-refractivity contribution in [3.8, 4) is 0 Å².